The maximum atomic E-state index is 12.5. The molecule has 164 valence electrons. The molecule has 2 N–H and O–H groups in total. The summed E-state index contributed by atoms with van der Waals surface area (Å²) in [6.07, 6.45) is -0.560. The van der Waals surface area contributed by atoms with Crippen LogP contribution in [-0.4, -0.2) is 29.8 Å². The highest BCUT2D eigenvalue weighted by Crippen LogP contribution is 2.44. The lowest BCUT2D eigenvalue weighted by Gasteiger charge is -2.17. The first-order valence-corrected chi connectivity index (χ1v) is 10.9. The van der Waals surface area contributed by atoms with Gasteiger partial charge in [-0.15, -0.1) is 0 Å². The zero-order valence-corrected chi connectivity index (χ0v) is 17.9. The predicted molar refractivity (Wildman–Crippen MR) is 127 cm³/mol. The molecule has 1 aliphatic rings. The number of fused-ring (bicyclic) bond motifs is 4. The number of ether oxygens (including phenoxy) is 1. The molecule has 0 aromatic heterocycles. The van der Waals surface area contributed by atoms with Crippen LogP contribution in [-0.2, 0) is 16.0 Å². The van der Waals surface area contributed by atoms with E-state index < -0.39 is 18.1 Å². The van der Waals surface area contributed by atoms with Crippen LogP contribution < -0.4 is 5.32 Å². The monoisotopic (exact) mass is 437 g/mol. The van der Waals surface area contributed by atoms with E-state index in [-0.39, 0.29) is 18.9 Å². The van der Waals surface area contributed by atoms with E-state index >= 15 is 0 Å². The average Bonchev–Trinajstić information content (AvgIpc) is 3.16. The number of nitrogens with one attached hydrogen (secondary N) is 1. The number of carboxylic acids is 1. The Hall–Kier alpha value is -4.12. The molecule has 0 spiro atoms. The van der Waals surface area contributed by atoms with Crippen LogP contribution in [0.3, 0.4) is 0 Å². The molecule has 1 atom stereocenters. The lowest BCUT2D eigenvalue weighted by atomic mass is 9.98. The van der Waals surface area contributed by atoms with Gasteiger partial charge in [0.2, 0.25) is 0 Å². The third-order valence-electron chi connectivity index (χ3n) is 6.19. The molecule has 0 saturated carbocycles. The second kappa shape index (κ2) is 8.79. The molecule has 0 bridgehead atoms. The molecule has 0 unspecified atom stereocenters. The van der Waals surface area contributed by atoms with Crippen molar-refractivity contribution in [2.24, 2.45) is 0 Å². The molecule has 4 aromatic carbocycles. The summed E-state index contributed by atoms with van der Waals surface area (Å²) in [5, 5.41) is 14.3. The highest BCUT2D eigenvalue weighted by molar-refractivity contribution is 5.84. The summed E-state index contributed by atoms with van der Waals surface area (Å²) >= 11 is 0. The summed E-state index contributed by atoms with van der Waals surface area (Å²) in [6, 6.07) is 28.8. The van der Waals surface area contributed by atoms with E-state index in [9.17, 15) is 14.7 Å². The molecule has 0 saturated heterocycles. The van der Waals surface area contributed by atoms with Crippen molar-refractivity contribution in [3.05, 3.63) is 108 Å². The van der Waals surface area contributed by atoms with Crippen molar-refractivity contribution in [3.63, 3.8) is 0 Å². The van der Waals surface area contributed by atoms with Gasteiger partial charge >= 0.3 is 12.1 Å². The Morgan fingerprint density at radius 2 is 1.42 bits per heavy atom. The smallest absolute Gasteiger partial charge is 0.407 e. The van der Waals surface area contributed by atoms with Gasteiger partial charge in [-0.05, 0) is 38.6 Å². The van der Waals surface area contributed by atoms with Crippen LogP contribution in [0.15, 0.2) is 91.0 Å². The molecular weight excluding hydrogens is 414 g/mol. The minimum absolute atomic E-state index is 0.0769. The van der Waals surface area contributed by atoms with E-state index in [4.69, 9.17) is 4.74 Å². The summed E-state index contributed by atoms with van der Waals surface area (Å²) in [6.45, 7) is 0.141. The fourth-order valence-electron chi connectivity index (χ4n) is 4.58. The van der Waals surface area contributed by atoms with Gasteiger partial charge in [-0.3, -0.25) is 0 Å². The van der Waals surface area contributed by atoms with Crippen molar-refractivity contribution in [3.8, 4) is 11.1 Å². The number of amides is 1. The van der Waals surface area contributed by atoms with Crippen LogP contribution in [0, 0.1) is 0 Å². The van der Waals surface area contributed by atoms with E-state index in [1.54, 1.807) is 0 Å². The van der Waals surface area contributed by atoms with Crippen molar-refractivity contribution < 1.29 is 19.4 Å². The Kier molecular flexibility index (Phi) is 5.53. The van der Waals surface area contributed by atoms with E-state index in [1.807, 2.05) is 78.9 Å². The number of carboxylic acid groups (broad SMARTS) is 1. The van der Waals surface area contributed by atoms with E-state index in [1.165, 1.54) is 0 Å². The Morgan fingerprint density at radius 1 is 0.818 bits per heavy atom. The SMILES string of the molecule is O=C(N[C@H](Cc1ccc2ccccc2c1)C(=O)O)OCC1c2ccccc2-c2ccccc21. The molecule has 0 fully saturated rings. The predicted octanol–water partition coefficient (Wildman–Crippen LogP) is 5.37. The van der Waals surface area contributed by atoms with Crippen molar-refractivity contribution in [1.29, 1.82) is 0 Å². The van der Waals surface area contributed by atoms with Crippen LogP contribution in [0.5, 0.6) is 0 Å². The average molecular weight is 437 g/mol. The Labute approximate surface area is 191 Å². The molecule has 5 nitrogen and oxygen atoms in total. The maximum Gasteiger partial charge on any atom is 0.407 e. The zero-order valence-electron chi connectivity index (χ0n) is 17.9. The number of hydrogen-bond donors (Lipinski definition) is 2. The molecule has 1 aliphatic carbocycles. The van der Waals surface area contributed by atoms with Gasteiger partial charge in [-0.2, -0.15) is 0 Å². The van der Waals surface area contributed by atoms with Crippen molar-refractivity contribution >= 4 is 22.8 Å². The molecule has 5 heteroatoms. The highest BCUT2D eigenvalue weighted by atomic mass is 16.5. The summed E-state index contributed by atoms with van der Waals surface area (Å²) in [5.41, 5.74) is 5.33. The quantitative estimate of drug-likeness (QED) is 0.425. The topological polar surface area (TPSA) is 75.6 Å². The first-order valence-electron chi connectivity index (χ1n) is 10.9. The van der Waals surface area contributed by atoms with Crippen LogP contribution in [0.1, 0.15) is 22.6 Å². The normalized spacial score (nSPS) is 13.2. The third kappa shape index (κ3) is 4.17. The van der Waals surface area contributed by atoms with Crippen LogP contribution in [0.4, 0.5) is 4.79 Å². The standard InChI is InChI=1S/C28H23NO4/c30-27(31)26(16-18-13-14-19-7-1-2-8-20(19)15-18)29-28(32)33-17-25-23-11-5-3-9-21(23)22-10-4-6-12-24(22)25/h1-15,25-26H,16-17H2,(H,29,32)(H,30,31)/t26-/m1/s1. The molecule has 0 heterocycles. The molecule has 1 amide bonds. The fraction of sp³-hybridized carbons (Fsp3) is 0.143. The van der Waals surface area contributed by atoms with Crippen molar-refractivity contribution in [2.45, 2.75) is 18.4 Å². The van der Waals surface area contributed by atoms with Gasteiger partial charge < -0.3 is 15.2 Å². The van der Waals surface area contributed by atoms with Gasteiger partial charge in [-0.25, -0.2) is 9.59 Å². The number of hydrogen-bond acceptors (Lipinski definition) is 3. The summed E-state index contributed by atoms with van der Waals surface area (Å²) < 4.78 is 5.51. The van der Waals surface area contributed by atoms with Gasteiger partial charge in [0.15, 0.2) is 0 Å². The second-order valence-electron chi connectivity index (χ2n) is 8.25. The zero-order chi connectivity index (χ0) is 22.8. The number of carbonyl (C=O) groups excluding carboxylic acids is 1. The first kappa shape index (κ1) is 20.8. The van der Waals surface area contributed by atoms with E-state index in [0.717, 1.165) is 38.6 Å². The fourth-order valence-corrected chi connectivity index (χ4v) is 4.58. The van der Waals surface area contributed by atoms with E-state index in [0.29, 0.717) is 0 Å². The minimum Gasteiger partial charge on any atom is -0.480 e. The Bertz CT molecular complexity index is 1300. The molecule has 4 aromatic rings. The number of carbonyl (C=O) groups is 2. The van der Waals surface area contributed by atoms with Crippen molar-refractivity contribution in [2.75, 3.05) is 6.61 Å². The van der Waals surface area contributed by atoms with Gasteiger partial charge in [0.05, 0.1) is 0 Å². The van der Waals surface area contributed by atoms with E-state index in [2.05, 4.69) is 17.4 Å². The number of benzene rings is 4. The second-order valence-corrected chi connectivity index (χ2v) is 8.25. The number of rotatable bonds is 6. The third-order valence-corrected chi connectivity index (χ3v) is 6.19. The van der Waals surface area contributed by atoms with Crippen LogP contribution in [0.2, 0.25) is 0 Å². The molecule has 0 radical (unpaired) electrons. The Morgan fingerprint density at radius 3 is 2.09 bits per heavy atom. The molecule has 0 aliphatic heterocycles. The Balaban J connectivity index is 1.27. The number of alkyl carbamates (subject to hydrolysis) is 1. The minimum atomic E-state index is -1.10. The van der Waals surface area contributed by atoms with Gasteiger partial charge in [0, 0.05) is 12.3 Å². The van der Waals surface area contributed by atoms with Crippen LogP contribution >= 0.6 is 0 Å². The largest absolute Gasteiger partial charge is 0.480 e. The summed E-state index contributed by atoms with van der Waals surface area (Å²) in [7, 11) is 0. The molecular formula is C28H23NO4. The maximum absolute atomic E-state index is 12.5. The van der Waals surface area contributed by atoms with Gasteiger partial charge in [-0.1, -0.05) is 91.0 Å². The van der Waals surface area contributed by atoms with Gasteiger partial charge in [0.25, 0.3) is 0 Å². The summed E-state index contributed by atoms with van der Waals surface area (Å²) in [4.78, 5) is 24.4. The molecule has 33 heavy (non-hydrogen) atoms. The first-order chi connectivity index (χ1) is 16.1. The number of aliphatic carboxylic acids is 1. The molecule has 5 rings (SSSR count). The van der Waals surface area contributed by atoms with Crippen molar-refractivity contribution in [1.82, 2.24) is 5.32 Å². The lowest BCUT2D eigenvalue weighted by Crippen LogP contribution is -2.42. The van der Waals surface area contributed by atoms with Gasteiger partial charge in [0.1, 0.15) is 12.6 Å². The lowest BCUT2D eigenvalue weighted by molar-refractivity contribution is -0.139. The van der Waals surface area contributed by atoms with Crippen LogP contribution in [0.25, 0.3) is 21.9 Å². The highest BCUT2D eigenvalue weighted by Gasteiger charge is 2.29. The summed E-state index contributed by atoms with van der Waals surface area (Å²) in [5.74, 6) is -1.18.